The van der Waals surface area contributed by atoms with E-state index in [-0.39, 0.29) is 5.97 Å². The number of esters is 1. The molecule has 0 atom stereocenters. The van der Waals surface area contributed by atoms with Crippen LogP contribution in [0.2, 0.25) is 0 Å². The fourth-order valence-electron chi connectivity index (χ4n) is 2.21. The molecule has 0 spiro atoms. The third kappa shape index (κ3) is 20.4. The van der Waals surface area contributed by atoms with Crippen LogP contribution in [0.15, 0.2) is 48.6 Å². The molecule has 142 valence electrons. The van der Waals surface area contributed by atoms with Crippen LogP contribution in [-0.2, 0) is 9.53 Å². The Kier molecular flexibility index (Phi) is 19.2. The van der Waals surface area contributed by atoms with Crippen molar-refractivity contribution in [1.29, 1.82) is 0 Å². The fourth-order valence-corrected chi connectivity index (χ4v) is 2.21. The molecular weight excluding hydrogens is 308 g/mol. The van der Waals surface area contributed by atoms with Crippen LogP contribution in [0.4, 0.5) is 0 Å². The van der Waals surface area contributed by atoms with Crippen molar-refractivity contribution in [1.82, 2.24) is 0 Å². The molecule has 0 radical (unpaired) electrons. The summed E-state index contributed by atoms with van der Waals surface area (Å²) in [5.74, 6) is -0.0715. The molecule has 0 fully saturated rings. The molecular formula is C23H38O2. The minimum atomic E-state index is -0.0715. The Morgan fingerprint density at radius 3 is 1.72 bits per heavy atom. The third-order valence-corrected chi connectivity index (χ3v) is 3.68. The van der Waals surface area contributed by atoms with Crippen LogP contribution in [0.1, 0.15) is 84.5 Å². The van der Waals surface area contributed by atoms with E-state index in [1.165, 1.54) is 25.7 Å². The molecule has 0 saturated heterocycles. The van der Waals surface area contributed by atoms with E-state index in [4.69, 9.17) is 4.74 Å². The van der Waals surface area contributed by atoms with Crippen molar-refractivity contribution in [2.75, 3.05) is 6.61 Å². The van der Waals surface area contributed by atoms with Gasteiger partial charge in [0.25, 0.3) is 0 Å². The lowest BCUT2D eigenvalue weighted by Crippen LogP contribution is -2.04. The third-order valence-electron chi connectivity index (χ3n) is 3.68. The second-order valence-electron chi connectivity index (χ2n) is 6.20. The first kappa shape index (κ1) is 23.4. The Labute approximate surface area is 155 Å². The predicted molar refractivity (Wildman–Crippen MR) is 110 cm³/mol. The van der Waals surface area contributed by atoms with Gasteiger partial charge in [-0.2, -0.15) is 0 Å². The van der Waals surface area contributed by atoms with Gasteiger partial charge in [0, 0.05) is 6.42 Å². The highest BCUT2D eigenvalue weighted by atomic mass is 16.5. The zero-order valence-corrected chi connectivity index (χ0v) is 16.4. The number of carbonyl (C=O) groups is 1. The maximum atomic E-state index is 11.3. The summed E-state index contributed by atoms with van der Waals surface area (Å²) in [5.41, 5.74) is 0. The number of carbonyl (C=O) groups excluding carboxylic acids is 1. The van der Waals surface area contributed by atoms with E-state index in [2.05, 4.69) is 55.5 Å². The van der Waals surface area contributed by atoms with Crippen molar-refractivity contribution in [3.63, 3.8) is 0 Å². The predicted octanol–water partition coefficient (Wildman–Crippen LogP) is 7.09. The highest BCUT2D eigenvalue weighted by Gasteiger charge is 1.99. The molecule has 0 aliphatic carbocycles. The minimum Gasteiger partial charge on any atom is -0.466 e. The smallest absolute Gasteiger partial charge is 0.305 e. The SMILES string of the molecule is CCCCC/C=C/C/C=C/C/C=C/C/C=C\CCCC(=O)OCCC. The summed E-state index contributed by atoms with van der Waals surface area (Å²) in [5, 5.41) is 0. The molecule has 0 bridgehead atoms. The molecule has 0 aromatic carbocycles. The molecule has 0 aliphatic rings. The van der Waals surface area contributed by atoms with Gasteiger partial charge in [-0.3, -0.25) is 4.79 Å². The molecule has 0 aromatic heterocycles. The van der Waals surface area contributed by atoms with Gasteiger partial charge in [0.05, 0.1) is 6.61 Å². The Morgan fingerprint density at radius 2 is 1.20 bits per heavy atom. The molecule has 2 heteroatoms. The van der Waals surface area contributed by atoms with Crippen LogP contribution < -0.4 is 0 Å². The second kappa shape index (κ2) is 20.5. The van der Waals surface area contributed by atoms with Crippen molar-refractivity contribution >= 4 is 5.97 Å². The molecule has 25 heavy (non-hydrogen) atoms. The standard InChI is InChI=1S/C23H38O2/c1-3-5-6-7-8-9-10-11-12-13-14-15-16-17-18-19-20-21-23(24)25-22-4-2/h8-9,11-12,14-15,17-18H,3-7,10,13,16,19-22H2,1-2H3/b9-8+,12-11+,15-14+,18-17-. The Balaban J connectivity index is 3.44. The average molecular weight is 347 g/mol. The van der Waals surface area contributed by atoms with Crippen LogP contribution >= 0.6 is 0 Å². The average Bonchev–Trinajstić information content (AvgIpc) is 2.62. The summed E-state index contributed by atoms with van der Waals surface area (Å²) in [6.07, 6.45) is 29.1. The largest absolute Gasteiger partial charge is 0.466 e. The molecule has 0 unspecified atom stereocenters. The molecule has 0 N–H and O–H groups in total. The summed E-state index contributed by atoms with van der Waals surface area (Å²) in [7, 11) is 0. The number of ether oxygens (including phenoxy) is 1. The first-order valence-corrected chi connectivity index (χ1v) is 10.1. The van der Waals surface area contributed by atoms with Gasteiger partial charge in [0.15, 0.2) is 0 Å². The Hall–Kier alpha value is -1.57. The van der Waals surface area contributed by atoms with Crippen LogP contribution in [0.25, 0.3) is 0 Å². The fraction of sp³-hybridized carbons (Fsp3) is 0.609. The molecule has 0 aliphatic heterocycles. The zero-order valence-electron chi connectivity index (χ0n) is 16.4. The highest BCUT2D eigenvalue weighted by Crippen LogP contribution is 2.02. The molecule has 0 amide bonds. The molecule has 0 saturated carbocycles. The first-order chi connectivity index (χ1) is 12.3. The molecule has 0 rings (SSSR count). The summed E-state index contributed by atoms with van der Waals surface area (Å²) in [6, 6.07) is 0. The van der Waals surface area contributed by atoms with E-state index < -0.39 is 0 Å². The summed E-state index contributed by atoms with van der Waals surface area (Å²) >= 11 is 0. The van der Waals surface area contributed by atoms with Gasteiger partial charge in [-0.15, -0.1) is 0 Å². The first-order valence-electron chi connectivity index (χ1n) is 10.1. The lowest BCUT2D eigenvalue weighted by molar-refractivity contribution is -0.143. The highest BCUT2D eigenvalue weighted by molar-refractivity contribution is 5.69. The lowest BCUT2D eigenvalue weighted by Gasteiger charge is -2.00. The number of hydrogen-bond donors (Lipinski definition) is 0. The van der Waals surface area contributed by atoms with E-state index in [0.717, 1.165) is 38.5 Å². The monoisotopic (exact) mass is 346 g/mol. The number of rotatable bonds is 16. The van der Waals surface area contributed by atoms with Gasteiger partial charge in [0.1, 0.15) is 0 Å². The van der Waals surface area contributed by atoms with Gasteiger partial charge < -0.3 is 4.74 Å². The van der Waals surface area contributed by atoms with Crippen molar-refractivity contribution in [3.8, 4) is 0 Å². The Morgan fingerprint density at radius 1 is 0.680 bits per heavy atom. The van der Waals surface area contributed by atoms with Crippen LogP contribution in [0, 0.1) is 0 Å². The van der Waals surface area contributed by atoms with Crippen LogP contribution in [0.3, 0.4) is 0 Å². The summed E-state index contributed by atoms with van der Waals surface area (Å²) in [4.78, 5) is 11.3. The normalized spacial score (nSPS) is 12.2. The molecule has 0 heterocycles. The Bertz CT molecular complexity index is 402. The van der Waals surface area contributed by atoms with E-state index in [9.17, 15) is 4.79 Å². The van der Waals surface area contributed by atoms with E-state index >= 15 is 0 Å². The van der Waals surface area contributed by atoms with E-state index in [0.29, 0.717) is 13.0 Å². The number of allylic oxidation sites excluding steroid dienone is 8. The maximum Gasteiger partial charge on any atom is 0.305 e. The number of hydrogen-bond acceptors (Lipinski definition) is 2. The van der Waals surface area contributed by atoms with Gasteiger partial charge in [0.2, 0.25) is 0 Å². The van der Waals surface area contributed by atoms with Gasteiger partial charge in [-0.05, 0) is 51.4 Å². The van der Waals surface area contributed by atoms with E-state index in [1.54, 1.807) is 0 Å². The second-order valence-corrected chi connectivity index (χ2v) is 6.20. The maximum absolute atomic E-state index is 11.3. The van der Waals surface area contributed by atoms with E-state index in [1.807, 2.05) is 6.92 Å². The lowest BCUT2D eigenvalue weighted by atomic mass is 10.2. The van der Waals surface area contributed by atoms with Crippen LogP contribution in [0.5, 0.6) is 0 Å². The van der Waals surface area contributed by atoms with Crippen molar-refractivity contribution in [2.24, 2.45) is 0 Å². The summed E-state index contributed by atoms with van der Waals surface area (Å²) < 4.78 is 5.04. The van der Waals surface area contributed by atoms with Crippen molar-refractivity contribution < 1.29 is 9.53 Å². The summed E-state index contributed by atoms with van der Waals surface area (Å²) in [6.45, 7) is 4.79. The van der Waals surface area contributed by atoms with Gasteiger partial charge in [-0.1, -0.05) is 75.3 Å². The van der Waals surface area contributed by atoms with Gasteiger partial charge >= 0.3 is 5.97 Å². The van der Waals surface area contributed by atoms with Crippen LogP contribution in [-0.4, -0.2) is 12.6 Å². The zero-order chi connectivity index (χ0) is 18.4. The number of unbranched alkanes of at least 4 members (excludes halogenated alkanes) is 4. The minimum absolute atomic E-state index is 0.0715. The van der Waals surface area contributed by atoms with Crippen molar-refractivity contribution in [2.45, 2.75) is 84.5 Å². The van der Waals surface area contributed by atoms with Gasteiger partial charge in [-0.25, -0.2) is 0 Å². The molecule has 2 nitrogen and oxygen atoms in total. The topological polar surface area (TPSA) is 26.3 Å². The van der Waals surface area contributed by atoms with Crippen molar-refractivity contribution in [3.05, 3.63) is 48.6 Å². The molecule has 0 aromatic rings. The quantitative estimate of drug-likeness (QED) is 0.169.